The monoisotopic (exact) mass is 411 g/mol. The zero-order valence-corrected chi connectivity index (χ0v) is 16.6. The Bertz CT molecular complexity index is 1000. The number of aliphatic hydroxyl groups is 1. The van der Waals surface area contributed by atoms with Crippen molar-refractivity contribution in [2.45, 2.75) is 44.6 Å². The van der Waals surface area contributed by atoms with E-state index in [-0.39, 0.29) is 36.5 Å². The number of carbonyl (C=O) groups is 2. The molecule has 1 saturated carbocycles. The van der Waals surface area contributed by atoms with Crippen LogP contribution in [0.25, 0.3) is 17.1 Å². The Morgan fingerprint density at radius 2 is 2.20 bits per heavy atom. The van der Waals surface area contributed by atoms with Gasteiger partial charge in [-0.05, 0) is 31.1 Å². The molecule has 2 aromatic heterocycles. The van der Waals surface area contributed by atoms with Crippen molar-refractivity contribution in [3.05, 3.63) is 47.3 Å². The van der Waals surface area contributed by atoms with Gasteiger partial charge in [0.25, 0.3) is 0 Å². The molecule has 0 atom stereocenters. The van der Waals surface area contributed by atoms with Crippen LogP contribution >= 0.6 is 0 Å². The second-order valence-corrected chi connectivity index (χ2v) is 7.48. The summed E-state index contributed by atoms with van der Waals surface area (Å²) in [6.07, 6.45) is 10.6. The Kier molecular flexibility index (Phi) is 6.13. The first-order valence-electron chi connectivity index (χ1n) is 10.3. The van der Waals surface area contributed by atoms with Gasteiger partial charge in [-0.15, -0.1) is 0 Å². The Balaban J connectivity index is 1.60. The van der Waals surface area contributed by atoms with Crippen LogP contribution in [-0.2, 0) is 19.1 Å². The number of nitrogens with one attached hydrogen (secondary N) is 2. The lowest BCUT2D eigenvalue weighted by Gasteiger charge is -2.24. The van der Waals surface area contributed by atoms with Crippen molar-refractivity contribution in [2.75, 3.05) is 13.2 Å². The third-order valence-electron chi connectivity index (χ3n) is 5.34. The van der Waals surface area contributed by atoms with Crippen LogP contribution in [0.1, 0.15) is 44.1 Å². The van der Waals surface area contributed by atoms with E-state index in [9.17, 15) is 9.59 Å². The van der Waals surface area contributed by atoms with Crippen molar-refractivity contribution in [1.82, 2.24) is 15.3 Å². The number of nitrogens with zero attached hydrogens (tertiary/aromatic N) is 1. The van der Waals surface area contributed by atoms with Crippen LogP contribution in [0.15, 0.2) is 41.7 Å². The molecule has 8 heteroatoms. The maximum absolute atomic E-state index is 13.0. The number of aliphatic hydroxyl groups excluding tert-OH is 1. The number of esters is 1. The number of H-pyrrole nitrogens is 1. The van der Waals surface area contributed by atoms with E-state index in [1.807, 2.05) is 12.1 Å². The topological polar surface area (TPSA) is 114 Å². The van der Waals surface area contributed by atoms with Crippen molar-refractivity contribution in [3.8, 4) is 0 Å². The Morgan fingerprint density at radius 3 is 3.00 bits per heavy atom. The molecule has 3 heterocycles. The molecule has 0 saturated heterocycles. The first kappa shape index (κ1) is 20.2. The number of ether oxygens (including phenoxy) is 2. The summed E-state index contributed by atoms with van der Waals surface area (Å²) in [5.41, 5.74) is 1.32. The van der Waals surface area contributed by atoms with Crippen molar-refractivity contribution in [1.29, 1.82) is 0 Å². The van der Waals surface area contributed by atoms with Gasteiger partial charge in [0.15, 0.2) is 11.3 Å². The number of aromatic nitrogens is 2. The Morgan fingerprint density at radius 1 is 1.37 bits per heavy atom. The molecule has 0 unspecified atom stereocenters. The van der Waals surface area contributed by atoms with E-state index >= 15 is 0 Å². The third kappa shape index (κ3) is 4.23. The average molecular weight is 411 g/mol. The lowest BCUT2D eigenvalue weighted by Crippen LogP contribution is -2.32. The second-order valence-electron chi connectivity index (χ2n) is 7.48. The summed E-state index contributed by atoms with van der Waals surface area (Å²) in [4.78, 5) is 32.9. The van der Waals surface area contributed by atoms with Crippen LogP contribution < -0.4 is 5.32 Å². The largest absolute Gasteiger partial charge is 0.462 e. The molecule has 0 bridgehead atoms. The highest BCUT2D eigenvalue weighted by molar-refractivity contribution is 6.26. The number of allylic oxidation sites excluding steroid dienone is 1. The van der Waals surface area contributed by atoms with Crippen molar-refractivity contribution >= 4 is 28.9 Å². The van der Waals surface area contributed by atoms with Gasteiger partial charge < -0.3 is 24.9 Å². The zero-order valence-electron chi connectivity index (χ0n) is 16.6. The number of rotatable bonds is 7. The van der Waals surface area contributed by atoms with Crippen LogP contribution in [0, 0.1) is 0 Å². The number of aromatic amines is 1. The number of hydrogen-bond donors (Lipinski definition) is 3. The van der Waals surface area contributed by atoms with E-state index in [1.54, 1.807) is 18.5 Å². The summed E-state index contributed by atoms with van der Waals surface area (Å²) in [6.45, 7) is -0.0559. The van der Waals surface area contributed by atoms with Crippen LogP contribution in [-0.4, -0.2) is 46.1 Å². The minimum absolute atomic E-state index is 0.0377. The smallest absolute Gasteiger partial charge is 0.347 e. The molecule has 0 radical (unpaired) electrons. The van der Waals surface area contributed by atoms with Gasteiger partial charge in [0.2, 0.25) is 11.7 Å². The van der Waals surface area contributed by atoms with Gasteiger partial charge in [-0.1, -0.05) is 19.3 Å². The summed E-state index contributed by atoms with van der Waals surface area (Å²) in [7, 11) is 0. The molecule has 2 aliphatic rings. The lowest BCUT2D eigenvalue weighted by molar-refractivity contribution is -0.140. The molecular formula is C22H25N3O5. The standard InChI is InChI=1S/C22H25N3O5/c26-10-5-11-29-22(28)18-19(27)17(30-21(18)25-15-6-2-1-3-7-15)12-14-13-24-20-16(14)8-4-9-23-20/h4,8-9,12-13,15,25-26H,1-3,5-7,10-11H2,(H,23,24)/b17-12-. The fourth-order valence-electron chi connectivity index (χ4n) is 3.79. The van der Waals surface area contributed by atoms with Gasteiger partial charge in [0.1, 0.15) is 5.65 Å². The minimum Gasteiger partial charge on any atom is -0.462 e. The van der Waals surface area contributed by atoms with E-state index in [0.717, 1.165) is 36.6 Å². The summed E-state index contributed by atoms with van der Waals surface area (Å²) >= 11 is 0. The van der Waals surface area contributed by atoms with E-state index < -0.39 is 11.8 Å². The number of hydrogen-bond acceptors (Lipinski definition) is 7. The first-order valence-corrected chi connectivity index (χ1v) is 10.3. The molecule has 4 rings (SSSR count). The highest BCUT2D eigenvalue weighted by atomic mass is 16.5. The van der Waals surface area contributed by atoms with E-state index in [1.165, 1.54) is 6.42 Å². The van der Waals surface area contributed by atoms with Crippen LogP contribution in [0.2, 0.25) is 0 Å². The molecule has 1 fully saturated rings. The lowest BCUT2D eigenvalue weighted by atomic mass is 9.95. The van der Waals surface area contributed by atoms with Crippen LogP contribution in [0.3, 0.4) is 0 Å². The quantitative estimate of drug-likeness (QED) is 0.278. The number of fused-ring (bicyclic) bond motifs is 1. The second kappa shape index (κ2) is 9.13. The first-order chi connectivity index (χ1) is 14.7. The number of pyridine rings is 1. The van der Waals surface area contributed by atoms with Gasteiger partial charge in [-0.25, -0.2) is 9.78 Å². The van der Waals surface area contributed by atoms with Crippen molar-refractivity contribution in [2.24, 2.45) is 0 Å². The number of carbonyl (C=O) groups excluding carboxylic acids is 2. The van der Waals surface area contributed by atoms with E-state index in [4.69, 9.17) is 14.6 Å². The molecule has 1 aliphatic heterocycles. The molecular weight excluding hydrogens is 386 g/mol. The van der Waals surface area contributed by atoms with E-state index in [0.29, 0.717) is 12.1 Å². The van der Waals surface area contributed by atoms with Crippen molar-refractivity contribution < 1.29 is 24.2 Å². The fraction of sp³-hybridized carbons (Fsp3) is 0.409. The third-order valence-corrected chi connectivity index (χ3v) is 5.34. The predicted octanol–water partition coefficient (Wildman–Crippen LogP) is 2.56. The van der Waals surface area contributed by atoms with Gasteiger partial charge >= 0.3 is 5.97 Å². The Hall–Kier alpha value is -3.13. The molecule has 0 aromatic carbocycles. The number of ketones is 1. The molecule has 3 N–H and O–H groups in total. The van der Waals surface area contributed by atoms with Crippen molar-refractivity contribution in [3.63, 3.8) is 0 Å². The maximum atomic E-state index is 13.0. The molecule has 0 spiro atoms. The minimum atomic E-state index is -0.740. The predicted molar refractivity (Wildman–Crippen MR) is 110 cm³/mol. The maximum Gasteiger partial charge on any atom is 0.347 e. The molecule has 8 nitrogen and oxygen atoms in total. The van der Waals surface area contributed by atoms with Gasteiger partial charge in [-0.2, -0.15) is 0 Å². The summed E-state index contributed by atoms with van der Waals surface area (Å²) in [5.74, 6) is -1.03. The van der Waals surface area contributed by atoms with Crippen LogP contribution in [0.5, 0.6) is 0 Å². The normalized spacial score (nSPS) is 18.8. The molecule has 1 aliphatic carbocycles. The summed E-state index contributed by atoms with van der Waals surface area (Å²) in [5, 5.41) is 13.0. The SMILES string of the molecule is O=C(OCCCO)C1=C(NC2CCCCC2)O/C(=C\c2c[nH]c3ncccc23)C1=O. The average Bonchev–Trinajstić information content (AvgIpc) is 3.30. The van der Waals surface area contributed by atoms with Crippen LogP contribution in [0.4, 0.5) is 0 Å². The molecule has 158 valence electrons. The molecule has 2 aromatic rings. The van der Waals surface area contributed by atoms with E-state index in [2.05, 4.69) is 15.3 Å². The Labute approximate surface area is 174 Å². The molecule has 0 amide bonds. The highest BCUT2D eigenvalue weighted by Gasteiger charge is 2.38. The summed E-state index contributed by atoms with van der Waals surface area (Å²) in [6, 6.07) is 3.86. The van der Waals surface area contributed by atoms with Gasteiger partial charge in [0.05, 0.1) is 6.61 Å². The van der Waals surface area contributed by atoms with Gasteiger partial charge in [-0.3, -0.25) is 4.79 Å². The zero-order chi connectivity index (χ0) is 20.9. The van der Waals surface area contributed by atoms with Gasteiger partial charge in [0, 0.05) is 42.4 Å². The summed E-state index contributed by atoms with van der Waals surface area (Å²) < 4.78 is 11.0. The fourth-order valence-corrected chi connectivity index (χ4v) is 3.79. The highest BCUT2D eigenvalue weighted by Crippen LogP contribution is 2.30. The molecule has 30 heavy (non-hydrogen) atoms. The number of Topliss-reactive ketones (excluding diaryl/α,β-unsaturated/α-hetero) is 1.